The number of rotatable bonds is 5. The normalized spacial score (nSPS) is 22.7. The number of sulfone groups is 1. The Morgan fingerprint density at radius 1 is 1.11 bits per heavy atom. The third-order valence-electron chi connectivity index (χ3n) is 9.06. The summed E-state index contributed by atoms with van der Waals surface area (Å²) in [5.41, 5.74) is -1.78. The molecule has 2 aromatic rings. The first-order valence-electron chi connectivity index (χ1n) is 15.3. The summed E-state index contributed by atoms with van der Waals surface area (Å²) in [7, 11) is -3.62. The van der Waals surface area contributed by atoms with Crippen LogP contribution in [-0.4, -0.2) is 77.1 Å². The minimum atomic E-state index is -4.68. The van der Waals surface area contributed by atoms with Crippen LogP contribution in [0.2, 0.25) is 0 Å². The second-order valence-corrected chi connectivity index (χ2v) is 16.3. The van der Waals surface area contributed by atoms with Gasteiger partial charge in [-0.2, -0.15) is 18.2 Å². The summed E-state index contributed by atoms with van der Waals surface area (Å²) < 4.78 is 74.0. The predicted octanol–water partition coefficient (Wildman–Crippen LogP) is 5.85. The lowest BCUT2D eigenvalue weighted by Crippen LogP contribution is -2.53. The number of hydrogen-bond acceptors (Lipinski definition) is 9. The number of amides is 1. The van der Waals surface area contributed by atoms with E-state index in [4.69, 9.17) is 4.74 Å². The minimum Gasteiger partial charge on any atom is -0.444 e. The van der Waals surface area contributed by atoms with Gasteiger partial charge in [0.15, 0.2) is 9.84 Å². The molecule has 2 saturated heterocycles. The molecule has 45 heavy (non-hydrogen) atoms. The number of ether oxygens (including phenoxy) is 1. The number of carbonyl (C=O) groups is 1. The molecule has 3 heterocycles. The third-order valence-corrected chi connectivity index (χ3v) is 11.2. The van der Waals surface area contributed by atoms with Crippen molar-refractivity contribution in [3.8, 4) is 0 Å². The summed E-state index contributed by atoms with van der Waals surface area (Å²) >= 11 is 0. The molecule has 1 aromatic heterocycles. The number of nitrogens with zero attached hydrogens (tertiary/aromatic N) is 4. The van der Waals surface area contributed by atoms with Crippen LogP contribution in [0.3, 0.4) is 0 Å². The number of aliphatic hydroxyl groups is 1. The van der Waals surface area contributed by atoms with Gasteiger partial charge in [-0.05, 0) is 102 Å². The number of halogens is 3. The van der Waals surface area contributed by atoms with E-state index < -0.39 is 38.0 Å². The van der Waals surface area contributed by atoms with E-state index in [2.05, 4.69) is 15.3 Å². The first-order chi connectivity index (χ1) is 20.8. The zero-order chi connectivity index (χ0) is 33.0. The van der Waals surface area contributed by atoms with E-state index >= 15 is 0 Å². The molecule has 2 aliphatic heterocycles. The van der Waals surface area contributed by atoms with Gasteiger partial charge in [0.2, 0.25) is 5.95 Å². The zero-order valence-electron chi connectivity index (χ0n) is 26.4. The number of benzene rings is 1. The maximum atomic E-state index is 13.8. The van der Waals surface area contributed by atoms with Crippen LogP contribution in [-0.2, 0) is 20.8 Å². The van der Waals surface area contributed by atoms with E-state index in [1.165, 1.54) is 11.0 Å². The Labute approximate surface area is 262 Å². The van der Waals surface area contributed by atoms with Crippen LogP contribution in [0.25, 0.3) is 0 Å². The Balaban J connectivity index is 1.26. The number of likely N-dealkylation sites (tertiary alicyclic amines) is 1. The lowest BCUT2D eigenvalue weighted by atomic mass is 9.63. The molecule has 0 unspecified atom stereocenters. The number of alkyl halides is 3. The summed E-state index contributed by atoms with van der Waals surface area (Å²) in [5, 5.41) is 12.9. The number of anilines is 3. The van der Waals surface area contributed by atoms with Gasteiger partial charge in [0.05, 0.1) is 15.7 Å². The Morgan fingerprint density at radius 2 is 1.78 bits per heavy atom. The van der Waals surface area contributed by atoms with Crippen LogP contribution in [0.4, 0.5) is 35.4 Å². The summed E-state index contributed by atoms with van der Waals surface area (Å²) in [6, 6.07) is 4.62. The highest BCUT2D eigenvalue weighted by atomic mass is 32.2. The lowest BCUT2D eigenvalue weighted by molar-refractivity contribution is -0.137. The van der Waals surface area contributed by atoms with Gasteiger partial charge in [-0.3, -0.25) is 0 Å². The van der Waals surface area contributed by atoms with Crippen molar-refractivity contribution in [3.63, 3.8) is 0 Å². The molecule has 1 amide bonds. The van der Waals surface area contributed by atoms with Gasteiger partial charge in [0.1, 0.15) is 17.0 Å². The van der Waals surface area contributed by atoms with Crippen molar-refractivity contribution in [2.24, 2.45) is 5.41 Å². The van der Waals surface area contributed by atoms with Crippen molar-refractivity contribution >= 4 is 33.4 Å². The monoisotopic (exact) mass is 653 g/mol. The van der Waals surface area contributed by atoms with E-state index in [0.29, 0.717) is 56.6 Å². The van der Waals surface area contributed by atoms with Crippen LogP contribution in [0.1, 0.15) is 77.3 Å². The van der Waals surface area contributed by atoms with Crippen LogP contribution in [0.15, 0.2) is 29.3 Å². The largest absolute Gasteiger partial charge is 0.444 e. The van der Waals surface area contributed by atoms with Crippen molar-refractivity contribution in [1.29, 1.82) is 0 Å². The van der Waals surface area contributed by atoms with E-state index in [9.17, 15) is 31.5 Å². The van der Waals surface area contributed by atoms with Crippen molar-refractivity contribution < 1.29 is 36.2 Å². The molecule has 2 N–H and O–H groups in total. The maximum absolute atomic E-state index is 13.8. The fraction of sp³-hybridized carbons (Fsp3) is 0.645. The number of aromatic nitrogens is 2. The van der Waals surface area contributed by atoms with E-state index in [0.717, 1.165) is 19.0 Å². The predicted molar refractivity (Wildman–Crippen MR) is 163 cm³/mol. The molecule has 0 radical (unpaired) electrons. The van der Waals surface area contributed by atoms with Crippen molar-refractivity contribution in [3.05, 3.63) is 35.5 Å². The second-order valence-electron chi connectivity index (χ2n) is 14.1. The lowest BCUT2D eigenvalue weighted by Gasteiger charge is -2.51. The van der Waals surface area contributed by atoms with Gasteiger partial charge in [-0.15, -0.1) is 0 Å². The van der Waals surface area contributed by atoms with Crippen LogP contribution >= 0.6 is 0 Å². The molecule has 5 rings (SSSR count). The Hall–Kier alpha value is -3.13. The smallest absolute Gasteiger partial charge is 0.421 e. The molecule has 248 valence electrons. The maximum Gasteiger partial charge on any atom is 0.421 e. The fourth-order valence-corrected chi connectivity index (χ4v) is 8.69. The van der Waals surface area contributed by atoms with Gasteiger partial charge in [0.25, 0.3) is 0 Å². The molecule has 0 bridgehead atoms. The molecule has 10 nitrogen and oxygen atoms in total. The standard InChI is InChI=1S/C31H42F3N5O5S/c1-20-15-21(45(42,43)22-16-30(17-22)10-13-38(14-11-30)27(40)44-28(2,3)4)7-8-24(20)36-26-35-18-23(31(32,33)34)25(37-26)39-12-6-9-29(5,41)19-39/h7-8,15,18,22,41H,6,9-14,16-17,19H2,1-5H3,(H,35,36,37)/t29-/m1/s1. The second kappa shape index (κ2) is 11.6. The van der Waals surface area contributed by atoms with Crippen LogP contribution in [0, 0.1) is 12.3 Å². The molecule has 14 heteroatoms. The van der Waals surface area contributed by atoms with Crippen LogP contribution in [0.5, 0.6) is 0 Å². The average Bonchev–Trinajstić information content (AvgIpc) is 2.90. The fourth-order valence-electron chi connectivity index (χ4n) is 6.57. The Kier molecular flexibility index (Phi) is 8.56. The molecule has 3 aliphatic rings. The molecular weight excluding hydrogens is 611 g/mol. The molecule has 1 atom stereocenters. The number of nitrogens with one attached hydrogen (secondary N) is 1. The number of carbonyl (C=O) groups excluding carboxylic acids is 1. The summed E-state index contributed by atoms with van der Waals surface area (Å²) in [6.07, 6.45) is -0.797. The number of β-amino-alcohol motifs (C(OH)–C–C–N with tert-alkyl or cyclic N) is 1. The highest BCUT2D eigenvalue weighted by molar-refractivity contribution is 7.92. The highest BCUT2D eigenvalue weighted by Gasteiger charge is 2.51. The van der Waals surface area contributed by atoms with E-state index in [1.54, 1.807) is 30.9 Å². The first-order valence-corrected chi connectivity index (χ1v) is 16.8. The third kappa shape index (κ3) is 7.32. The average molecular weight is 654 g/mol. The summed E-state index contributed by atoms with van der Waals surface area (Å²) in [5.74, 6) is -0.381. The Bertz CT molecular complexity index is 1540. The zero-order valence-corrected chi connectivity index (χ0v) is 27.2. The summed E-state index contributed by atoms with van der Waals surface area (Å²) in [4.78, 5) is 23.8. The quantitative estimate of drug-likeness (QED) is 0.409. The molecule has 1 saturated carbocycles. The van der Waals surface area contributed by atoms with Gasteiger partial charge in [0, 0.05) is 38.1 Å². The molecule has 3 fully saturated rings. The number of aryl methyl sites for hydroxylation is 1. The van der Waals surface area contributed by atoms with E-state index in [1.807, 2.05) is 20.8 Å². The van der Waals surface area contributed by atoms with Crippen molar-refractivity contribution in [1.82, 2.24) is 14.9 Å². The van der Waals surface area contributed by atoms with Gasteiger partial charge in [-0.1, -0.05) is 0 Å². The SMILES string of the molecule is Cc1cc(S(=O)(=O)C2CC3(CCN(C(=O)OC(C)(C)C)CC3)C2)ccc1Nc1ncc(C(F)(F)F)c(N2CCC[C@@](C)(O)C2)n1. The van der Waals surface area contributed by atoms with Gasteiger partial charge >= 0.3 is 12.3 Å². The van der Waals surface area contributed by atoms with Crippen molar-refractivity contribution in [2.45, 2.75) is 101 Å². The first kappa shape index (κ1) is 33.2. The van der Waals surface area contributed by atoms with Crippen LogP contribution < -0.4 is 10.2 Å². The Morgan fingerprint density at radius 3 is 2.36 bits per heavy atom. The molecule has 1 spiro atoms. The highest BCUT2D eigenvalue weighted by Crippen LogP contribution is 2.53. The van der Waals surface area contributed by atoms with E-state index in [-0.39, 0.29) is 34.7 Å². The topological polar surface area (TPSA) is 125 Å². The van der Waals surface area contributed by atoms with Crippen molar-refractivity contribution in [2.75, 3.05) is 36.4 Å². The molecular formula is C31H42F3N5O5S. The number of piperidine rings is 2. The minimum absolute atomic E-state index is 0.00255. The van der Waals surface area contributed by atoms with Gasteiger partial charge in [-0.25, -0.2) is 18.2 Å². The molecule has 1 aromatic carbocycles. The number of hydrogen-bond donors (Lipinski definition) is 2. The molecule has 1 aliphatic carbocycles. The van der Waals surface area contributed by atoms with Gasteiger partial charge < -0.3 is 25.0 Å². The summed E-state index contributed by atoms with van der Waals surface area (Å²) in [6.45, 7) is 10.1.